The molecule has 3 aromatic carbocycles. The Morgan fingerprint density at radius 2 is 1.77 bits per heavy atom. The number of hydrogen-bond donors (Lipinski definition) is 2. The Hall–Kier alpha value is -2.60. The van der Waals surface area contributed by atoms with Crippen LogP contribution in [0.2, 0.25) is 15.1 Å². The molecule has 0 bridgehead atoms. The second-order valence-corrected chi connectivity index (χ2v) is 7.81. The highest BCUT2D eigenvalue weighted by atomic mass is 35.5. The van der Waals surface area contributed by atoms with E-state index < -0.39 is 5.97 Å². The van der Waals surface area contributed by atoms with Crippen LogP contribution in [0, 0.1) is 0 Å². The molecule has 0 heterocycles. The third kappa shape index (κ3) is 5.97. The van der Waals surface area contributed by atoms with Gasteiger partial charge in [-0.05, 0) is 43.3 Å². The van der Waals surface area contributed by atoms with Crippen molar-refractivity contribution in [2.24, 2.45) is 0 Å². The van der Waals surface area contributed by atoms with E-state index in [1.807, 2.05) is 31.2 Å². The molecule has 0 aliphatic carbocycles. The van der Waals surface area contributed by atoms with Gasteiger partial charge in [-0.15, -0.1) is 0 Å². The number of carbonyl (C=O) groups is 1. The molecule has 0 unspecified atom stereocenters. The van der Waals surface area contributed by atoms with E-state index in [9.17, 15) is 4.79 Å². The van der Waals surface area contributed by atoms with Gasteiger partial charge in [0.1, 0.15) is 6.61 Å². The predicted molar refractivity (Wildman–Crippen MR) is 124 cm³/mol. The number of aromatic carboxylic acids is 1. The molecule has 0 aromatic heterocycles. The number of benzene rings is 3. The Morgan fingerprint density at radius 1 is 0.968 bits per heavy atom. The molecule has 0 amide bonds. The number of carboxylic acids is 1. The van der Waals surface area contributed by atoms with Gasteiger partial charge in [-0.2, -0.15) is 0 Å². The molecule has 0 radical (unpaired) electrons. The van der Waals surface area contributed by atoms with Gasteiger partial charge in [-0.25, -0.2) is 4.79 Å². The maximum absolute atomic E-state index is 11.1. The van der Waals surface area contributed by atoms with Crippen LogP contribution in [0.4, 0.5) is 5.69 Å². The van der Waals surface area contributed by atoms with Crippen molar-refractivity contribution in [3.63, 3.8) is 0 Å². The number of halogens is 3. The second-order valence-electron chi connectivity index (χ2n) is 6.56. The van der Waals surface area contributed by atoms with Crippen molar-refractivity contribution in [2.75, 3.05) is 11.9 Å². The molecule has 2 N–H and O–H groups in total. The number of nitrogens with one attached hydrogen (secondary N) is 1. The Balaban J connectivity index is 1.80. The number of carboxylic acid groups (broad SMARTS) is 1. The zero-order valence-electron chi connectivity index (χ0n) is 16.6. The SMILES string of the molecule is CCOc1cccc(CNc2ccc(C(=O)O)c(Cl)c2)c1OCc1ccc(Cl)cc1Cl. The minimum Gasteiger partial charge on any atom is -0.490 e. The first-order valence-corrected chi connectivity index (χ1v) is 10.6. The Labute approximate surface area is 195 Å². The van der Waals surface area contributed by atoms with Gasteiger partial charge in [0.05, 0.1) is 17.2 Å². The summed E-state index contributed by atoms with van der Waals surface area (Å²) < 4.78 is 11.8. The number of hydrogen-bond acceptors (Lipinski definition) is 4. The first kappa shape index (κ1) is 23.1. The summed E-state index contributed by atoms with van der Waals surface area (Å²) in [4.78, 5) is 11.1. The van der Waals surface area contributed by atoms with E-state index in [4.69, 9.17) is 49.4 Å². The summed E-state index contributed by atoms with van der Waals surface area (Å²) in [7, 11) is 0. The van der Waals surface area contributed by atoms with Crippen LogP contribution in [0.25, 0.3) is 0 Å². The number of anilines is 1. The topological polar surface area (TPSA) is 67.8 Å². The Kier molecular flexibility index (Phi) is 7.91. The Morgan fingerprint density at radius 3 is 2.45 bits per heavy atom. The number of ether oxygens (including phenoxy) is 2. The van der Waals surface area contributed by atoms with E-state index in [2.05, 4.69) is 5.32 Å². The van der Waals surface area contributed by atoms with Crippen molar-refractivity contribution in [3.8, 4) is 11.5 Å². The van der Waals surface area contributed by atoms with E-state index in [0.29, 0.717) is 40.4 Å². The first-order valence-electron chi connectivity index (χ1n) is 9.47. The highest BCUT2D eigenvalue weighted by Crippen LogP contribution is 2.34. The summed E-state index contributed by atoms with van der Waals surface area (Å²) in [6, 6.07) is 15.6. The van der Waals surface area contributed by atoms with Crippen LogP contribution in [0.3, 0.4) is 0 Å². The van der Waals surface area contributed by atoms with Crippen molar-refractivity contribution in [3.05, 3.63) is 86.4 Å². The quantitative estimate of drug-likeness (QED) is 0.347. The highest BCUT2D eigenvalue weighted by molar-refractivity contribution is 6.35. The summed E-state index contributed by atoms with van der Waals surface area (Å²) in [6.07, 6.45) is 0. The van der Waals surface area contributed by atoms with Gasteiger partial charge in [-0.3, -0.25) is 0 Å². The fourth-order valence-corrected chi connectivity index (χ4v) is 3.64. The lowest BCUT2D eigenvalue weighted by Crippen LogP contribution is -2.07. The van der Waals surface area contributed by atoms with Gasteiger partial charge in [0.15, 0.2) is 11.5 Å². The molecule has 5 nitrogen and oxygen atoms in total. The van der Waals surface area contributed by atoms with E-state index in [-0.39, 0.29) is 17.2 Å². The summed E-state index contributed by atoms with van der Waals surface area (Å²) in [5.41, 5.74) is 2.39. The summed E-state index contributed by atoms with van der Waals surface area (Å²) >= 11 is 18.3. The number of rotatable bonds is 9. The van der Waals surface area contributed by atoms with Crippen LogP contribution in [0.5, 0.6) is 11.5 Å². The molecule has 0 aliphatic heterocycles. The highest BCUT2D eigenvalue weighted by Gasteiger charge is 2.14. The van der Waals surface area contributed by atoms with Crippen LogP contribution in [0.15, 0.2) is 54.6 Å². The van der Waals surface area contributed by atoms with Crippen molar-refractivity contribution in [2.45, 2.75) is 20.1 Å². The molecule has 3 aromatic rings. The summed E-state index contributed by atoms with van der Waals surface area (Å²) in [6.45, 7) is 3.04. The zero-order valence-corrected chi connectivity index (χ0v) is 18.9. The minimum absolute atomic E-state index is 0.0504. The number of para-hydroxylation sites is 1. The predicted octanol–water partition coefficient (Wildman–Crippen LogP) is 6.93. The van der Waals surface area contributed by atoms with Crippen LogP contribution >= 0.6 is 34.8 Å². The van der Waals surface area contributed by atoms with Crippen molar-refractivity contribution in [1.29, 1.82) is 0 Å². The lowest BCUT2D eigenvalue weighted by molar-refractivity contribution is 0.0697. The van der Waals surface area contributed by atoms with Crippen molar-refractivity contribution in [1.82, 2.24) is 0 Å². The molecule has 8 heteroatoms. The smallest absolute Gasteiger partial charge is 0.337 e. The molecule has 162 valence electrons. The third-order valence-electron chi connectivity index (χ3n) is 4.43. The zero-order chi connectivity index (χ0) is 22.4. The van der Waals surface area contributed by atoms with Crippen LogP contribution in [-0.2, 0) is 13.2 Å². The van der Waals surface area contributed by atoms with Crippen molar-refractivity contribution >= 4 is 46.5 Å². The normalized spacial score (nSPS) is 10.6. The van der Waals surface area contributed by atoms with Crippen LogP contribution in [-0.4, -0.2) is 17.7 Å². The van der Waals surface area contributed by atoms with E-state index >= 15 is 0 Å². The molecule has 31 heavy (non-hydrogen) atoms. The van der Waals surface area contributed by atoms with Crippen molar-refractivity contribution < 1.29 is 19.4 Å². The molecule has 0 fully saturated rings. The molecule has 0 aliphatic rings. The van der Waals surface area contributed by atoms with Gasteiger partial charge in [0.2, 0.25) is 0 Å². The van der Waals surface area contributed by atoms with Crippen LogP contribution < -0.4 is 14.8 Å². The molecular weight excluding hydrogens is 461 g/mol. The monoisotopic (exact) mass is 479 g/mol. The largest absolute Gasteiger partial charge is 0.490 e. The van der Waals surface area contributed by atoms with Gasteiger partial charge in [-0.1, -0.05) is 53.0 Å². The van der Waals surface area contributed by atoms with Gasteiger partial charge in [0.25, 0.3) is 0 Å². The van der Waals surface area contributed by atoms with E-state index in [1.165, 1.54) is 6.07 Å². The maximum Gasteiger partial charge on any atom is 0.337 e. The van der Waals surface area contributed by atoms with E-state index in [0.717, 1.165) is 11.1 Å². The van der Waals surface area contributed by atoms with Gasteiger partial charge < -0.3 is 19.9 Å². The maximum atomic E-state index is 11.1. The Bertz CT molecular complexity index is 1090. The average molecular weight is 481 g/mol. The van der Waals surface area contributed by atoms with Gasteiger partial charge >= 0.3 is 5.97 Å². The molecule has 3 rings (SSSR count). The fraction of sp³-hybridized carbons (Fsp3) is 0.174. The van der Waals surface area contributed by atoms with Gasteiger partial charge in [0, 0.05) is 33.4 Å². The average Bonchev–Trinajstić information content (AvgIpc) is 2.72. The van der Waals surface area contributed by atoms with E-state index in [1.54, 1.807) is 24.3 Å². The summed E-state index contributed by atoms with van der Waals surface area (Å²) in [5, 5.41) is 13.6. The molecule has 0 saturated heterocycles. The molecule has 0 atom stereocenters. The second kappa shape index (κ2) is 10.6. The molecular formula is C23H20Cl3NO4. The minimum atomic E-state index is -1.07. The first-order chi connectivity index (χ1) is 14.9. The molecule has 0 spiro atoms. The summed E-state index contributed by atoms with van der Waals surface area (Å²) in [5.74, 6) is 0.139. The standard InChI is InChI=1S/C23H20Cl3NO4/c1-2-30-21-5-3-4-14(12-27-17-8-9-18(23(28)29)20(26)11-17)22(21)31-13-15-6-7-16(24)10-19(15)25/h3-11,27H,2,12-13H2,1H3,(H,28,29). The van der Waals surface area contributed by atoms with Crippen LogP contribution in [0.1, 0.15) is 28.4 Å². The lowest BCUT2D eigenvalue weighted by atomic mass is 10.1. The lowest BCUT2D eigenvalue weighted by Gasteiger charge is -2.17. The third-order valence-corrected chi connectivity index (χ3v) is 5.33. The molecule has 0 saturated carbocycles. The fourth-order valence-electron chi connectivity index (χ4n) is 2.92.